The minimum absolute atomic E-state index is 0.753. The van der Waals surface area contributed by atoms with Crippen LogP contribution in [0.3, 0.4) is 0 Å². The molecule has 55 valence electrons. The summed E-state index contributed by atoms with van der Waals surface area (Å²) in [4.78, 5) is 0. The van der Waals surface area contributed by atoms with Gasteiger partial charge in [-0.1, -0.05) is 24.3 Å². The summed E-state index contributed by atoms with van der Waals surface area (Å²) in [6, 6.07) is 8.26. The quantitative estimate of drug-likeness (QED) is 0.584. The first-order valence-electron chi connectivity index (χ1n) is 3.63. The predicted octanol–water partition coefficient (Wildman–Crippen LogP) is 1.28. The molecule has 1 heterocycles. The molecule has 1 aliphatic rings. The molecule has 0 aliphatic carbocycles. The number of fused-ring (bicyclic) bond motifs is 1. The van der Waals surface area contributed by atoms with Crippen molar-refractivity contribution in [2.24, 2.45) is 0 Å². The maximum Gasteiger partial charge on any atom is 0.0614 e. The highest BCUT2D eigenvalue weighted by Crippen LogP contribution is 2.11. The van der Waals surface area contributed by atoms with Crippen LogP contribution in [0.25, 0.3) is 6.08 Å². The summed E-state index contributed by atoms with van der Waals surface area (Å²) in [5, 5.41) is 0. The van der Waals surface area contributed by atoms with Crippen LogP contribution in [-0.4, -0.2) is 0 Å². The van der Waals surface area contributed by atoms with E-state index in [2.05, 4.69) is 23.0 Å². The van der Waals surface area contributed by atoms with Gasteiger partial charge >= 0.3 is 0 Å². The van der Waals surface area contributed by atoms with Crippen molar-refractivity contribution in [2.45, 2.75) is 6.54 Å². The Balaban J connectivity index is 2.45. The lowest BCUT2D eigenvalue weighted by molar-refractivity contribution is 0.616. The van der Waals surface area contributed by atoms with Gasteiger partial charge in [-0.25, -0.2) is 0 Å². The Morgan fingerprint density at radius 2 is 2.18 bits per heavy atom. The lowest BCUT2D eigenvalue weighted by Crippen LogP contribution is -2.15. The molecule has 1 aliphatic heterocycles. The molecule has 1 aromatic rings. The lowest BCUT2D eigenvalue weighted by atomic mass is 10.1. The van der Waals surface area contributed by atoms with Crippen LogP contribution in [0.1, 0.15) is 11.1 Å². The van der Waals surface area contributed by atoms with Gasteiger partial charge in [0.1, 0.15) is 0 Å². The fourth-order valence-electron chi connectivity index (χ4n) is 1.15. The molecule has 0 unspecified atom stereocenters. The van der Waals surface area contributed by atoms with E-state index in [0.29, 0.717) is 0 Å². The molecule has 2 rings (SSSR count). The Bertz CT molecular complexity index is 279. The van der Waals surface area contributed by atoms with Crippen LogP contribution in [0.2, 0.25) is 0 Å². The second-order valence-electron chi connectivity index (χ2n) is 2.48. The van der Waals surface area contributed by atoms with E-state index in [-0.39, 0.29) is 0 Å². The largest absolute Gasteiger partial charge is 0.311 e. The number of nitrogens with zero attached hydrogens (tertiary/aromatic N) is 1. The molecule has 1 aromatic carbocycles. The van der Waals surface area contributed by atoms with Gasteiger partial charge in [-0.15, -0.1) is 5.43 Å². The van der Waals surface area contributed by atoms with E-state index in [1.807, 2.05) is 24.4 Å². The fourth-order valence-corrected chi connectivity index (χ4v) is 1.15. The molecule has 0 spiro atoms. The van der Waals surface area contributed by atoms with E-state index in [4.69, 9.17) is 0 Å². The van der Waals surface area contributed by atoms with Crippen molar-refractivity contribution in [3.63, 3.8) is 0 Å². The maximum atomic E-state index is 4.08. The van der Waals surface area contributed by atoms with E-state index in [9.17, 15) is 0 Å². The first kappa shape index (κ1) is 6.43. The number of nitrogens with one attached hydrogen (secondary N) is 1. The molecule has 0 amide bonds. The Morgan fingerprint density at radius 1 is 1.27 bits per heavy atom. The zero-order chi connectivity index (χ0) is 7.52. The number of benzene rings is 1. The van der Waals surface area contributed by atoms with Crippen LogP contribution in [0.15, 0.2) is 30.5 Å². The zero-order valence-electron chi connectivity index (χ0n) is 6.12. The van der Waals surface area contributed by atoms with Gasteiger partial charge in [-0.2, -0.15) is 0 Å². The Kier molecular flexibility index (Phi) is 1.61. The van der Waals surface area contributed by atoms with Crippen molar-refractivity contribution in [3.8, 4) is 0 Å². The van der Waals surface area contributed by atoms with Gasteiger partial charge in [0.15, 0.2) is 0 Å². The van der Waals surface area contributed by atoms with Gasteiger partial charge in [0.2, 0.25) is 0 Å². The Hall–Kier alpha value is -1.28. The molecule has 1 radical (unpaired) electrons. The van der Waals surface area contributed by atoms with Crippen LogP contribution in [0, 0.1) is 0 Å². The Morgan fingerprint density at radius 3 is 3.18 bits per heavy atom. The average molecular weight is 145 g/mol. The van der Waals surface area contributed by atoms with Gasteiger partial charge in [-0.3, -0.25) is 0 Å². The monoisotopic (exact) mass is 145 g/mol. The van der Waals surface area contributed by atoms with E-state index in [1.54, 1.807) is 0 Å². The van der Waals surface area contributed by atoms with Crippen LogP contribution in [0.4, 0.5) is 0 Å². The molecule has 0 bridgehead atoms. The van der Waals surface area contributed by atoms with Crippen molar-refractivity contribution in [2.75, 3.05) is 0 Å². The van der Waals surface area contributed by atoms with Crippen molar-refractivity contribution < 1.29 is 0 Å². The van der Waals surface area contributed by atoms with Crippen molar-refractivity contribution in [1.29, 1.82) is 0 Å². The predicted molar refractivity (Wildman–Crippen MR) is 44.4 cm³/mol. The zero-order valence-corrected chi connectivity index (χ0v) is 6.12. The number of hydrogen-bond donors (Lipinski definition) is 1. The minimum Gasteiger partial charge on any atom is -0.311 e. The molecule has 0 fully saturated rings. The first-order chi connectivity index (χ1) is 5.47. The van der Waals surface area contributed by atoms with Gasteiger partial charge in [-0.05, 0) is 17.2 Å². The molecule has 1 N–H and O–H groups in total. The molecule has 0 atom stereocenters. The molecular formula is C9H9N2. The lowest BCUT2D eigenvalue weighted by Gasteiger charge is -2.00. The summed E-state index contributed by atoms with van der Waals surface area (Å²) in [5.74, 6) is 0. The second kappa shape index (κ2) is 2.76. The van der Waals surface area contributed by atoms with Gasteiger partial charge in [0, 0.05) is 6.20 Å². The smallest absolute Gasteiger partial charge is 0.0614 e. The molecule has 2 nitrogen and oxygen atoms in total. The van der Waals surface area contributed by atoms with Crippen molar-refractivity contribution in [1.82, 2.24) is 10.9 Å². The highest BCUT2D eigenvalue weighted by atomic mass is 15.3. The highest BCUT2D eigenvalue weighted by molar-refractivity contribution is 5.53. The normalized spacial score (nSPS) is 14.9. The summed E-state index contributed by atoms with van der Waals surface area (Å²) in [6.45, 7) is 0.753. The summed E-state index contributed by atoms with van der Waals surface area (Å²) in [5.41, 5.74) is 9.44. The van der Waals surface area contributed by atoms with Gasteiger partial charge < -0.3 is 5.43 Å². The summed E-state index contributed by atoms with van der Waals surface area (Å²) < 4.78 is 0. The van der Waals surface area contributed by atoms with Crippen LogP contribution < -0.4 is 10.9 Å². The summed E-state index contributed by atoms with van der Waals surface area (Å²) in [6.07, 6.45) is 3.89. The summed E-state index contributed by atoms with van der Waals surface area (Å²) >= 11 is 0. The van der Waals surface area contributed by atoms with Crippen molar-refractivity contribution >= 4 is 6.08 Å². The standard InChI is InChI=1S/C9H9N2/c1-2-4-9-7-11-10-6-5-8(9)3-1/h1-6,10H,7H2. The molecule has 0 saturated carbocycles. The SMILES string of the molecule is C1=Cc2ccccc2C[N]N1. The van der Waals surface area contributed by atoms with Gasteiger partial charge in [0.25, 0.3) is 0 Å². The van der Waals surface area contributed by atoms with Crippen LogP contribution in [-0.2, 0) is 6.54 Å². The molecule has 2 heteroatoms. The number of hydrogen-bond acceptors (Lipinski definition) is 1. The molecule has 0 saturated heterocycles. The Labute approximate surface area is 65.9 Å². The first-order valence-corrected chi connectivity index (χ1v) is 3.63. The van der Waals surface area contributed by atoms with Crippen LogP contribution in [0.5, 0.6) is 0 Å². The second-order valence-corrected chi connectivity index (χ2v) is 2.48. The summed E-state index contributed by atoms with van der Waals surface area (Å²) in [7, 11) is 0. The van der Waals surface area contributed by atoms with E-state index in [1.165, 1.54) is 11.1 Å². The van der Waals surface area contributed by atoms with Crippen LogP contribution >= 0.6 is 0 Å². The molecule has 0 aromatic heterocycles. The minimum atomic E-state index is 0.753. The van der Waals surface area contributed by atoms with Gasteiger partial charge in [0.05, 0.1) is 6.54 Å². The highest BCUT2D eigenvalue weighted by Gasteiger charge is 2.00. The number of rotatable bonds is 0. The van der Waals surface area contributed by atoms with E-state index < -0.39 is 0 Å². The fraction of sp³-hybridized carbons (Fsp3) is 0.111. The van der Waals surface area contributed by atoms with E-state index >= 15 is 0 Å². The van der Waals surface area contributed by atoms with E-state index in [0.717, 1.165) is 6.54 Å². The topological polar surface area (TPSA) is 26.1 Å². The maximum absolute atomic E-state index is 4.08. The molecular weight excluding hydrogens is 136 g/mol. The third-order valence-corrected chi connectivity index (χ3v) is 1.73. The third kappa shape index (κ3) is 1.25. The van der Waals surface area contributed by atoms with Crippen molar-refractivity contribution in [3.05, 3.63) is 41.6 Å². The third-order valence-electron chi connectivity index (χ3n) is 1.73. The molecule has 11 heavy (non-hydrogen) atoms. The average Bonchev–Trinajstić information content (AvgIpc) is 2.28.